The summed E-state index contributed by atoms with van der Waals surface area (Å²) in [5, 5.41) is 0. The highest BCUT2D eigenvalue weighted by Gasteiger charge is 2.38. The molecule has 0 aliphatic heterocycles. The maximum absolute atomic E-state index is 14.7. The van der Waals surface area contributed by atoms with E-state index in [9.17, 15) is 9.18 Å². The van der Waals surface area contributed by atoms with E-state index < -0.39 is 17.2 Å². The van der Waals surface area contributed by atoms with Crippen molar-refractivity contribution in [2.75, 3.05) is 13.2 Å². The highest BCUT2D eigenvalue weighted by molar-refractivity contribution is 5.88. The molecule has 0 radical (unpaired) electrons. The summed E-state index contributed by atoms with van der Waals surface area (Å²) in [6, 6.07) is 4.69. The number of hydrogen-bond acceptors (Lipinski definition) is 6. The molecule has 3 rings (SSSR count). The van der Waals surface area contributed by atoms with E-state index in [0.717, 1.165) is 0 Å². The summed E-state index contributed by atoms with van der Waals surface area (Å²) in [7, 11) is 0. The van der Waals surface area contributed by atoms with Crippen molar-refractivity contribution in [1.82, 2.24) is 19.5 Å². The fraction of sp³-hybridized carbons (Fsp3) is 0.400. The standard InChI is InChI=1S/C20H24FN5O2/c1-5-28-19(27)20(4,9-22)14-8-13(6-7-15(14)21)16-17-18(24-10-23-16)26(11-25-17)12(2)3/h6-8,10-12H,5,9,22H2,1-4H3. The van der Waals surface area contributed by atoms with Crippen LogP contribution in [-0.2, 0) is 14.9 Å². The van der Waals surface area contributed by atoms with Crippen molar-refractivity contribution in [3.63, 3.8) is 0 Å². The summed E-state index contributed by atoms with van der Waals surface area (Å²) in [6.07, 6.45) is 3.16. The van der Waals surface area contributed by atoms with Crippen LogP contribution in [0.2, 0.25) is 0 Å². The van der Waals surface area contributed by atoms with Gasteiger partial charge in [0.25, 0.3) is 0 Å². The van der Waals surface area contributed by atoms with Gasteiger partial charge in [-0.3, -0.25) is 4.79 Å². The zero-order chi connectivity index (χ0) is 20.5. The fourth-order valence-corrected chi connectivity index (χ4v) is 3.13. The maximum atomic E-state index is 14.7. The van der Waals surface area contributed by atoms with Crippen molar-refractivity contribution in [3.8, 4) is 11.3 Å². The summed E-state index contributed by atoms with van der Waals surface area (Å²) < 4.78 is 21.7. The summed E-state index contributed by atoms with van der Waals surface area (Å²) in [5.74, 6) is -1.09. The number of rotatable bonds is 6. The molecule has 148 valence electrons. The number of hydrogen-bond donors (Lipinski definition) is 1. The first kappa shape index (κ1) is 19.9. The molecular weight excluding hydrogens is 361 g/mol. The van der Waals surface area contributed by atoms with Gasteiger partial charge < -0.3 is 15.0 Å². The van der Waals surface area contributed by atoms with Gasteiger partial charge in [-0.2, -0.15) is 0 Å². The lowest BCUT2D eigenvalue weighted by molar-refractivity contribution is -0.149. The Hall–Kier alpha value is -2.87. The molecule has 0 amide bonds. The van der Waals surface area contributed by atoms with Crippen LogP contribution in [0.15, 0.2) is 30.9 Å². The minimum Gasteiger partial charge on any atom is -0.465 e. The molecule has 0 saturated heterocycles. The average Bonchev–Trinajstić information content (AvgIpc) is 3.12. The topological polar surface area (TPSA) is 95.9 Å². The summed E-state index contributed by atoms with van der Waals surface area (Å²) in [6.45, 7) is 7.44. The van der Waals surface area contributed by atoms with Crippen LogP contribution in [0.25, 0.3) is 22.4 Å². The van der Waals surface area contributed by atoms with Gasteiger partial charge in [-0.05, 0) is 45.9 Å². The van der Waals surface area contributed by atoms with Crippen molar-refractivity contribution in [2.24, 2.45) is 5.73 Å². The van der Waals surface area contributed by atoms with Crippen LogP contribution in [0, 0.1) is 5.82 Å². The highest BCUT2D eigenvalue weighted by atomic mass is 19.1. The highest BCUT2D eigenvalue weighted by Crippen LogP contribution is 2.32. The monoisotopic (exact) mass is 385 g/mol. The number of nitrogens with zero attached hydrogens (tertiary/aromatic N) is 4. The van der Waals surface area contributed by atoms with E-state index >= 15 is 0 Å². The largest absolute Gasteiger partial charge is 0.465 e. The molecule has 7 nitrogen and oxygen atoms in total. The van der Waals surface area contributed by atoms with E-state index in [1.807, 2.05) is 18.4 Å². The van der Waals surface area contributed by atoms with Crippen LogP contribution in [0.5, 0.6) is 0 Å². The zero-order valence-electron chi connectivity index (χ0n) is 16.4. The molecule has 0 bridgehead atoms. The van der Waals surface area contributed by atoms with E-state index in [1.54, 1.807) is 32.3 Å². The molecule has 8 heteroatoms. The normalized spacial score (nSPS) is 13.7. The number of ether oxygens (including phenoxy) is 1. The Morgan fingerprint density at radius 1 is 1.32 bits per heavy atom. The summed E-state index contributed by atoms with van der Waals surface area (Å²) in [5.41, 5.74) is 7.20. The number of benzene rings is 1. The van der Waals surface area contributed by atoms with Gasteiger partial charge >= 0.3 is 5.97 Å². The lowest BCUT2D eigenvalue weighted by Gasteiger charge is -2.27. The first-order valence-electron chi connectivity index (χ1n) is 9.18. The van der Waals surface area contributed by atoms with Gasteiger partial charge in [-0.25, -0.2) is 19.3 Å². The lowest BCUT2D eigenvalue weighted by atomic mass is 9.81. The maximum Gasteiger partial charge on any atom is 0.317 e. The van der Waals surface area contributed by atoms with Gasteiger partial charge in [0.15, 0.2) is 5.65 Å². The molecule has 2 heterocycles. The summed E-state index contributed by atoms with van der Waals surface area (Å²) in [4.78, 5) is 25.6. The molecule has 3 aromatic rings. The van der Waals surface area contributed by atoms with Gasteiger partial charge in [0.2, 0.25) is 0 Å². The Morgan fingerprint density at radius 2 is 2.07 bits per heavy atom. The minimum atomic E-state index is -1.31. The van der Waals surface area contributed by atoms with Gasteiger partial charge in [0.05, 0.1) is 12.9 Å². The van der Waals surface area contributed by atoms with E-state index in [0.29, 0.717) is 22.4 Å². The summed E-state index contributed by atoms with van der Waals surface area (Å²) >= 11 is 0. The van der Waals surface area contributed by atoms with E-state index in [4.69, 9.17) is 10.5 Å². The van der Waals surface area contributed by atoms with Gasteiger partial charge in [-0.15, -0.1) is 0 Å². The lowest BCUT2D eigenvalue weighted by Crippen LogP contribution is -2.42. The quantitative estimate of drug-likeness (QED) is 0.655. The predicted octanol–water partition coefficient (Wildman–Crippen LogP) is 2.99. The Kier molecular flexibility index (Phi) is 5.42. The van der Waals surface area contributed by atoms with Gasteiger partial charge in [0.1, 0.15) is 28.8 Å². The smallest absolute Gasteiger partial charge is 0.317 e. The van der Waals surface area contributed by atoms with Gasteiger partial charge in [-0.1, -0.05) is 0 Å². The third kappa shape index (κ3) is 3.24. The van der Waals surface area contributed by atoms with Crippen molar-refractivity contribution in [3.05, 3.63) is 42.2 Å². The van der Waals surface area contributed by atoms with Crippen LogP contribution >= 0.6 is 0 Å². The third-order valence-electron chi connectivity index (χ3n) is 4.88. The van der Waals surface area contributed by atoms with E-state index in [2.05, 4.69) is 15.0 Å². The molecule has 1 aromatic carbocycles. The number of aromatic nitrogens is 4. The molecule has 1 unspecified atom stereocenters. The molecule has 0 saturated carbocycles. The number of nitrogens with two attached hydrogens (primary N) is 1. The van der Waals surface area contributed by atoms with Crippen molar-refractivity contribution in [1.29, 1.82) is 0 Å². The fourth-order valence-electron chi connectivity index (χ4n) is 3.13. The van der Waals surface area contributed by atoms with E-state index in [-0.39, 0.29) is 24.8 Å². The second-order valence-corrected chi connectivity index (χ2v) is 7.09. The molecule has 2 N–H and O–H groups in total. The average molecular weight is 385 g/mol. The number of esters is 1. The van der Waals surface area contributed by atoms with Crippen molar-refractivity contribution in [2.45, 2.75) is 39.2 Å². The van der Waals surface area contributed by atoms with Crippen LogP contribution in [0.1, 0.15) is 39.3 Å². The second kappa shape index (κ2) is 7.63. The minimum absolute atomic E-state index is 0.0899. The Bertz CT molecular complexity index is 1020. The Labute approximate surface area is 162 Å². The van der Waals surface area contributed by atoms with Gasteiger partial charge in [0, 0.05) is 23.7 Å². The zero-order valence-corrected chi connectivity index (χ0v) is 16.4. The van der Waals surface area contributed by atoms with Crippen LogP contribution in [0.3, 0.4) is 0 Å². The van der Waals surface area contributed by atoms with Crippen molar-refractivity contribution < 1.29 is 13.9 Å². The van der Waals surface area contributed by atoms with E-state index in [1.165, 1.54) is 12.4 Å². The molecule has 28 heavy (non-hydrogen) atoms. The van der Waals surface area contributed by atoms with Crippen LogP contribution in [-0.4, -0.2) is 38.6 Å². The molecular formula is C20H24FN5O2. The number of imidazole rings is 1. The third-order valence-corrected chi connectivity index (χ3v) is 4.88. The molecule has 0 aliphatic carbocycles. The Balaban J connectivity index is 2.17. The SMILES string of the molecule is CCOC(=O)C(C)(CN)c1cc(-c2ncnc3c2ncn3C(C)C)ccc1F. The molecule has 0 fully saturated rings. The molecule has 2 aromatic heterocycles. The number of carbonyl (C=O) groups excluding carboxylic acids is 1. The molecule has 0 aliphatic rings. The number of fused-ring (bicyclic) bond motifs is 1. The number of carbonyl (C=O) groups is 1. The first-order valence-corrected chi connectivity index (χ1v) is 9.18. The first-order chi connectivity index (χ1) is 13.3. The van der Waals surface area contributed by atoms with Crippen molar-refractivity contribution >= 4 is 17.1 Å². The molecule has 1 atom stereocenters. The van der Waals surface area contributed by atoms with Crippen LogP contribution < -0.4 is 5.73 Å². The second-order valence-electron chi connectivity index (χ2n) is 7.09. The molecule has 0 spiro atoms. The Morgan fingerprint density at radius 3 is 2.71 bits per heavy atom. The predicted molar refractivity (Wildman–Crippen MR) is 104 cm³/mol. The number of halogens is 1. The van der Waals surface area contributed by atoms with Crippen LogP contribution in [0.4, 0.5) is 4.39 Å².